The predicted molar refractivity (Wildman–Crippen MR) is 97.4 cm³/mol. The molecule has 1 aromatic carbocycles. The molecule has 0 saturated carbocycles. The first kappa shape index (κ1) is 19.3. The highest BCUT2D eigenvalue weighted by Crippen LogP contribution is 2.15. The van der Waals surface area contributed by atoms with Gasteiger partial charge < -0.3 is 4.42 Å². The van der Waals surface area contributed by atoms with Crippen LogP contribution in [0.1, 0.15) is 40.3 Å². The number of nitrogens with zero attached hydrogens (tertiary/aromatic N) is 2. The zero-order chi connectivity index (χ0) is 20.3. The number of benzene rings is 1. The monoisotopic (exact) mass is 386 g/mol. The standard InChI is InChI=1S/C19H19FN4O4/c1-11-9-15(12(2)28-11)18(26)21-22-19(27)16-7-8-17(25)24(23-16)10-13-3-5-14(20)6-4-13/h3-6,9H,7-8,10H2,1-2H3,(H,21,26)(H,22,27). The molecular weight excluding hydrogens is 367 g/mol. The third-order valence-electron chi connectivity index (χ3n) is 4.19. The Morgan fingerprint density at radius 1 is 1.14 bits per heavy atom. The minimum absolute atomic E-state index is 0.113. The third kappa shape index (κ3) is 4.43. The largest absolute Gasteiger partial charge is 0.466 e. The molecule has 0 spiro atoms. The lowest BCUT2D eigenvalue weighted by Gasteiger charge is -2.23. The SMILES string of the molecule is Cc1cc(C(=O)NNC(=O)C2=NN(Cc3ccc(F)cc3)C(=O)CC2)c(C)o1. The zero-order valence-corrected chi connectivity index (χ0v) is 15.4. The van der Waals surface area contributed by atoms with Gasteiger partial charge in [-0.25, -0.2) is 9.40 Å². The Balaban J connectivity index is 1.63. The zero-order valence-electron chi connectivity index (χ0n) is 15.4. The van der Waals surface area contributed by atoms with Crippen molar-refractivity contribution in [1.29, 1.82) is 0 Å². The Hall–Kier alpha value is -3.49. The van der Waals surface area contributed by atoms with Crippen molar-refractivity contribution in [2.75, 3.05) is 0 Å². The topological polar surface area (TPSA) is 104 Å². The van der Waals surface area contributed by atoms with Crippen molar-refractivity contribution >= 4 is 23.4 Å². The summed E-state index contributed by atoms with van der Waals surface area (Å²) in [6, 6.07) is 7.23. The highest BCUT2D eigenvalue weighted by atomic mass is 19.1. The molecule has 28 heavy (non-hydrogen) atoms. The fourth-order valence-corrected chi connectivity index (χ4v) is 2.76. The Labute approximate surface area is 160 Å². The van der Waals surface area contributed by atoms with E-state index in [0.29, 0.717) is 22.6 Å². The van der Waals surface area contributed by atoms with Gasteiger partial charge in [-0.3, -0.25) is 25.2 Å². The van der Waals surface area contributed by atoms with E-state index in [1.54, 1.807) is 32.0 Å². The van der Waals surface area contributed by atoms with Crippen LogP contribution in [-0.2, 0) is 16.1 Å². The van der Waals surface area contributed by atoms with Gasteiger partial charge in [-0.2, -0.15) is 5.10 Å². The van der Waals surface area contributed by atoms with E-state index in [4.69, 9.17) is 4.42 Å². The van der Waals surface area contributed by atoms with Crippen LogP contribution in [0.25, 0.3) is 0 Å². The van der Waals surface area contributed by atoms with Gasteiger partial charge in [0.05, 0.1) is 12.1 Å². The van der Waals surface area contributed by atoms with Gasteiger partial charge in [0.15, 0.2) is 0 Å². The van der Waals surface area contributed by atoms with Crippen LogP contribution < -0.4 is 10.9 Å². The summed E-state index contributed by atoms with van der Waals surface area (Å²) < 4.78 is 18.3. The molecule has 2 heterocycles. The number of hydrazine groups is 1. The number of hydrogen-bond donors (Lipinski definition) is 2. The van der Waals surface area contributed by atoms with Crippen molar-refractivity contribution in [2.45, 2.75) is 33.2 Å². The van der Waals surface area contributed by atoms with Gasteiger partial charge in [0, 0.05) is 12.8 Å². The first-order valence-corrected chi connectivity index (χ1v) is 8.63. The summed E-state index contributed by atoms with van der Waals surface area (Å²) in [7, 11) is 0. The predicted octanol–water partition coefficient (Wildman–Crippen LogP) is 1.98. The molecule has 1 aliphatic rings. The Morgan fingerprint density at radius 2 is 1.82 bits per heavy atom. The second kappa shape index (κ2) is 8.03. The molecule has 0 unspecified atom stereocenters. The molecule has 9 heteroatoms. The number of carbonyl (C=O) groups is 3. The highest BCUT2D eigenvalue weighted by molar-refractivity contribution is 6.39. The molecule has 0 saturated heterocycles. The number of aryl methyl sites for hydroxylation is 2. The number of nitrogens with one attached hydrogen (secondary N) is 2. The molecule has 8 nitrogen and oxygen atoms in total. The molecule has 0 aliphatic carbocycles. The van der Waals surface area contributed by atoms with Crippen molar-refractivity contribution in [3.05, 3.63) is 58.8 Å². The van der Waals surface area contributed by atoms with Gasteiger partial charge in [0.2, 0.25) is 5.91 Å². The van der Waals surface area contributed by atoms with E-state index < -0.39 is 11.8 Å². The van der Waals surface area contributed by atoms with Crippen molar-refractivity contribution in [3.63, 3.8) is 0 Å². The molecule has 3 rings (SSSR count). The van der Waals surface area contributed by atoms with Gasteiger partial charge in [-0.15, -0.1) is 0 Å². The maximum Gasteiger partial charge on any atom is 0.285 e. The summed E-state index contributed by atoms with van der Waals surface area (Å²) in [4.78, 5) is 36.5. The molecular formula is C19H19FN4O4. The number of hydrazone groups is 1. The van der Waals surface area contributed by atoms with E-state index in [2.05, 4.69) is 16.0 Å². The van der Waals surface area contributed by atoms with E-state index in [0.717, 1.165) is 5.01 Å². The lowest BCUT2D eigenvalue weighted by Crippen LogP contribution is -2.47. The minimum Gasteiger partial charge on any atom is -0.466 e. The van der Waals surface area contributed by atoms with E-state index in [9.17, 15) is 18.8 Å². The fraction of sp³-hybridized carbons (Fsp3) is 0.263. The first-order valence-electron chi connectivity index (χ1n) is 8.63. The van der Waals surface area contributed by atoms with E-state index in [1.165, 1.54) is 12.1 Å². The maximum atomic E-state index is 13.0. The van der Waals surface area contributed by atoms with Crippen molar-refractivity contribution in [2.24, 2.45) is 5.10 Å². The van der Waals surface area contributed by atoms with E-state index in [1.807, 2.05) is 0 Å². The van der Waals surface area contributed by atoms with Crippen LogP contribution in [0.3, 0.4) is 0 Å². The fourth-order valence-electron chi connectivity index (χ4n) is 2.76. The minimum atomic E-state index is -0.608. The molecule has 0 atom stereocenters. The lowest BCUT2D eigenvalue weighted by molar-refractivity contribution is -0.132. The summed E-state index contributed by atoms with van der Waals surface area (Å²) >= 11 is 0. The van der Waals surface area contributed by atoms with Gasteiger partial charge in [-0.1, -0.05) is 12.1 Å². The lowest BCUT2D eigenvalue weighted by atomic mass is 10.1. The summed E-state index contributed by atoms with van der Waals surface area (Å²) in [5.41, 5.74) is 5.71. The quantitative estimate of drug-likeness (QED) is 0.784. The van der Waals surface area contributed by atoms with Gasteiger partial charge >= 0.3 is 0 Å². The average molecular weight is 386 g/mol. The summed E-state index contributed by atoms with van der Waals surface area (Å²) in [6.07, 6.45) is 0.270. The summed E-state index contributed by atoms with van der Waals surface area (Å²) in [6.45, 7) is 3.48. The second-order valence-corrected chi connectivity index (χ2v) is 6.36. The highest BCUT2D eigenvalue weighted by Gasteiger charge is 2.25. The average Bonchev–Trinajstić information content (AvgIpc) is 3.01. The van der Waals surface area contributed by atoms with Crippen molar-refractivity contribution < 1.29 is 23.2 Å². The molecule has 1 aromatic heterocycles. The molecule has 3 amide bonds. The Morgan fingerprint density at radius 3 is 2.46 bits per heavy atom. The molecule has 2 N–H and O–H groups in total. The maximum absolute atomic E-state index is 13.0. The normalized spacial score (nSPS) is 13.9. The molecule has 0 fully saturated rings. The smallest absolute Gasteiger partial charge is 0.285 e. The number of halogens is 1. The second-order valence-electron chi connectivity index (χ2n) is 6.36. The van der Waals surface area contributed by atoms with Crippen LogP contribution in [0.15, 0.2) is 39.9 Å². The number of amides is 3. The van der Waals surface area contributed by atoms with E-state index in [-0.39, 0.29) is 36.8 Å². The molecule has 0 bridgehead atoms. The van der Waals surface area contributed by atoms with Crippen molar-refractivity contribution in [1.82, 2.24) is 15.9 Å². The number of hydrogen-bond acceptors (Lipinski definition) is 5. The molecule has 0 radical (unpaired) electrons. The van der Waals surface area contributed by atoms with Crippen LogP contribution in [0.5, 0.6) is 0 Å². The van der Waals surface area contributed by atoms with Gasteiger partial charge in [0.1, 0.15) is 23.0 Å². The van der Waals surface area contributed by atoms with Gasteiger partial charge in [0.25, 0.3) is 11.8 Å². The van der Waals surface area contributed by atoms with Gasteiger partial charge in [-0.05, 0) is 37.6 Å². The third-order valence-corrected chi connectivity index (χ3v) is 4.19. The van der Waals surface area contributed by atoms with Crippen LogP contribution in [-0.4, -0.2) is 28.4 Å². The van der Waals surface area contributed by atoms with Crippen LogP contribution in [0.4, 0.5) is 4.39 Å². The summed E-state index contributed by atoms with van der Waals surface area (Å²) in [5.74, 6) is -0.720. The number of carbonyl (C=O) groups excluding carboxylic acids is 3. The molecule has 1 aliphatic heterocycles. The Bertz CT molecular complexity index is 949. The number of furan rings is 1. The molecule has 146 valence electrons. The summed E-state index contributed by atoms with van der Waals surface area (Å²) in [5, 5.41) is 5.24. The number of rotatable bonds is 4. The van der Waals surface area contributed by atoms with Crippen LogP contribution in [0.2, 0.25) is 0 Å². The van der Waals surface area contributed by atoms with Crippen LogP contribution >= 0.6 is 0 Å². The Kier molecular flexibility index (Phi) is 5.53. The van der Waals surface area contributed by atoms with Crippen LogP contribution in [0, 0.1) is 19.7 Å². The van der Waals surface area contributed by atoms with E-state index >= 15 is 0 Å². The van der Waals surface area contributed by atoms with Crippen molar-refractivity contribution in [3.8, 4) is 0 Å². The molecule has 2 aromatic rings. The first-order chi connectivity index (χ1) is 13.3.